The summed E-state index contributed by atoms with van der Waals surface area (Å²) in [6.45, 7) is 10.6. The van der Waals surface area contributed by atoms with Gasteiger partial charge in [0.1, 0.15) is 4.83 Å². The third kappa shape index (κ3) is 4.19. The molecule has 2 aromatic heterocycles. The Morgan fingerprint density at radius 3 is 2.71 bits per heavy atom. The van der Waals surface area contributed by atoms with Crippen LogP contribution in [0.5, 0.6) is 0 Å². The number of thiophene rings is 1. The summed E-state index contributed by atoms with van der Waals surface area (Å²) >= 11 is 2.88. The summed E-state index contributed by atoms with van der Waals surface area (Å²) in [5.41, 5.74) is 1.04. The van der Waals surface area contributed by atoms with Crippen LogP contribution in [-0.2, 0) is 11.3 Å². The second-order valence-electron chi connectivity index (χ2n) is 6.18. The van der Waals surface area contributed by atoms with Crippen LogP contribution in [0.4, 0.5) is 0 Å². The third-order valence-corrected chi connectivity index (χ3v) is 5.85. The lowest BCUT2D eigenvalue weighted by molar-refractivity contribution is -0.119. The van der Waals surface area contributed by atoms with Gasteiger partial charge in [-0.25, -0.2) is 4.98 Å². The molecule has 7 heteroatoms. The summed E-state index contributed by atoms with van der Waals surface area (Å²) in [4.78, 5) is 31.4. The van der Waals surface area contributed by atoms with Crippen molar-refractivity contribution in [1.29, 1.82) is 0 Å². The molecule has 0 saturated carbocycles. The first kappa shape index (κ1) is 19.0. The number of hydrogen-bond donors (Lipinski definition) is 1. The predicted molar refractivity (Wildman–Crippen MR) is 102 cm³/mol. The fourth-order valence-corrected chi connectivity index (χ4v) is 4.33. The fraction of sp³-hybridized carbons (Fsp3) is 0.588. The maximum atomic E-state index is 12.9. The Morgan fingerprint density at radius 2 is 2.08 bits per heavy atom. The van der Waals surface area contributed by atoms with E-state index in [1.165, 1.54) is 11.8 Å². The lowest BCUT2D eigenvalue weighted by Gasteiger charge is -2.12. The zero-order valence-corrected chi connectivity index (χ0v) is 16.6. The molecule has 24 heavy (non-hydrogen) atoms. The number of nitrogens with zero attached hydrogens (tertiary/aromatic N) is 2. The SMILES string of the molecule is CCCCn1c(SCC(=O)NC(C)C)nc2sc(C)c(C)c2c1=O. The molecule has 1 N–H and O–H groups in total. The topological polar surface area (TPSA) is 64.0 Å². The lowest BCUT2D eigenvalue weighted by Crippen LogP contribution is -2.32. The van der Waals surface area contributed by atoms with E-state index >= 15 is 0 Å². The minimum absolute atomic E-state index is 0.0158. The standard InChI is InChI=1S/C17H25N3O2S2/c1-6-7-8-20-16(22)14-11(4)12(5)24-15(14)19-17(20)23-9-13(21)18-10(2)3/h10H,6-9H2,1-5H3,(H,18,21). The van der Waals surface area contributed by atoms with Gasteiger partial charge in [-0.2, -0.15) is 0 Å². The van der Waals surface area contributed by atoms with Crippen molar-refractivity contribution >= 4 is 39.2 Å². The van der Waals surface area contributed by atoms with E-state index in [9.17, 15) is 9.59 Å². The molecular formula is C17H25N3O2S2. The number of amides is 1. The van der Waals surface area contributed by atoms with Gasteiger partial charge in [-0.05, 0) is 39.7 Å². The van der Waals surface area contributed by atoms with Crippen molar-refractivity contribution in [3.63, 3.8) is 0 Å². The number of hydrogen-bond acceptors (Lipinski definition) is 5. The smallest absolute Gasteiger partial charge is 0.263 e. The monoisotopic (exact) mass is 367 g/mol. The summed E-state index contributed by atoms with van der Waals surface area (Å²) in [5.74, 6) is 0.232. The van der Waals surface area contributed by atoms with Crippen LogP contribution in [0.25, 0.3) is 10.2 Å². The van der Waals surface area contributed by atoms with E-state index in [1.54, 1.807) is 15.9 Å². The molecule has 0 spiro atoms. The van der Waals surface area contributed by atoms with Crippen molar-refractivity contribution in [2.24, 2.45) is 0 Å². The van der Waals surface area contributed by atoms with E-state index in [2.05, 4.69) is 17.2 Å². The molecule has 0 fully saturated rings. The van der Waals surface area contributed by atoms with Crippen LogP contribution in [0.2, 0.25) is 0 Å². The van der Waals surface area contributed by atoms with Gasteiger partial charge in [0.05, 0.1) is 11.1 Å². The maximum Gasteiger partial charge on any atom is 0.263 e. The summed E-state index contributed by atoms with van der Waals surface area (Å²) in [6, 6.07) is 0.110. The van der Waals surface area contributed by atoms with Crippen LogP contribution < -0.4 is 10.9 Å². The van der Waals surface area contributed by atoms with E-state index < -0.39 is 0 Å². The predicted octanol–water partition coefficient (Wildman–Crippen LogP) is 3.49. The number of nitrogens with one attached hydrogen (secondary N) is 1. The van der Waals surface area contributed by atoms with Gasteiger partial charge in [-0.15, -0.1) is 11.3 Å². The van der Waals surface area contributed by atoms with Crippen molar-refractivity contribution < 1.29 is 4.79 Å². The molecule has 1 amide bonds. The molecule has 0 aliphatic rings. The van der Waals surface area contributed by atoms with Crippen LogP contribution in [0.1, 0.15) is 44.1 Å². The lowest BCUT2D eigenvalue weighted by atomic mass is 10.2. The van der Waals surface area contributed by atoms with Gasteiger partial charge < -0.3 is 5.32 Å². The Morgan fingerprint density at radius 1 is 1.38 bits per heavy atom. The first-order valence-corrected chi connectivity index (χ1v) is 10.1. The summed E-state index contributed by atoms with van der Waals surface area (Å²) < 4.78 is 1.73. The highest BCUT2D eigenvalue weighted by Crippen LogP contribution is 2.28. The van der Waals surface area contributed by atoms with Crippen molar-refractivity contribution in [3.8, 4) is 0 Å². The number of fused-ring (bicyclic) bond motifs is 1. The molecule has 2 rings (SSSR count). The second kappa shape index (κ2) is 8.16. The molecule has 5 nitrogen and oxygen atoms in total. The van der Waals surface area contributed by atoms with Gasteiger partial charge in [0.15, 0.2) is 5.16 Å². The van der Waals surface area contributed by atoms with E-state index in [0.29, 0.717) is 11.7 Å². The molecule has 0 saturated heterocycles. The van der Waals surface area contributed by atoms with Gasteiger partial charge in [-0.1, -0.05) is 25.1 Å². The summed E-state index contributed by atoms with van der Waals surface area (Å²) in [7, 11) is 0. The highest BCUT2D eigenvalue weighted by Gasteiger charge is 2.17. The van der Waals surface area contributed by atoms with Crippen molar-refractivity contribution in [2.75, 3.05) is 5.75 Å². The number of carbonyl (C=O) groups is 1. The molecule has 0 radical (unpaired) electrons. The van der Waals surface area contributed by atoms with Crippen molar-refractivity contribution in [1.82, 2.24) is 14.9 Å². The first-order chi connectivity index (χ1) is 11.3. The van der Waals surface area contributed by atoms with E-state index in [0.717, 1.165) is 33.5 Å². The average Bonchev–Trinajstić information content (AvgIpc) is 2.78. The maximum absolute atomic E-state index is 12.9. The minimum Gasteiger partial charge on any atom is -0.353 e. The third-order valence-electron chi connectivity index (χ3n) is 3.77. The number of rotatable bonds is 7. The van der Waals surface area contributed by atoms with Crippen molar-refractivity contribution in [2.45, 2.75) is 65.2 Å². The Bertz CT molecular complexity index is 793. The van der Waals surface area contributed by atoms with Crippen LogP contribution in [-0.4, -0.2) is 27.3 Å². The molecule has 2 heterocycles. The highest BCUT2D eigenvalue weighted by molar-refractivity contribution is 7.99. The Labute approximate surface area is 150 Å². The molecule has 0 atom stereocenters. The van der Waals surface area contributed by atoms with E-state index in [1.807, 2.05) is 27.7 Å². The van der Waals surface area contributed by atoms with Crippen LogP contribution in [0.15, 0.2) is 9.95 Å². The molecule has 2 aromatic rings. The van der Waals surface area contributed by atoms with Crippen LogP contribution in [0, 0.1) is 13.8 Å². The van der Waals surface area contributed by atoms with Gasteiger partial charge in [0.2, 0.25) is 5.91 Å². The molecular weight excluding hydrogens is 342 g/mol. The first-order valence-electron chi connectivity index (χ1n) is 8.27. The van der Waals surface area contributed by atoms with Gasteiger partial charge in [0, 0.05) is 17.5 Å². The summed E-state index contributed by atoms with van der Waals surface area (Å²) in [5, 5.41) is 4.23. The largest absolute Gasteiger partial charge is 0.353 e. The molecule has 0 aromatic carbocycles. The molecule has 0 bridgehead atoms. The summed E-state index contributed by atoms with van der Waals surface area (Å²) in [6.07, 6.45) is 1.92. The average molecular weight is 368 g/mol. The minimum atomic E-state index is -0.0371. The second-order valence-corrected chi connectivity index (χ2v) is 8.32. The molecule has 0 aliphatic heterocycles. The normalized spacial score (nSPS) is 11.4. The van der Waals surface area contributed by atoms with E-state index in [4.69, 9.17) is 0 Å². The van der Waals surface area contributed by atoms with Gasteiger partial charge in [-0.3, -0.25) is 14.2 Å². The molecule has 132 valence electrons. The van der Waals surface area contributed by atoms with Gasteiger partial charge in [0.25, 0.3) is 5.56 Å². The van der Waals surface area contributed by atoms with Crippen molar-refractivity contribution in [3.05, 3.63) is 20.8 Å². The Hall–Kier alpha value is -1.34. The van der Waals surface area contributed by atoms with Gasteiger partial charge >= 0.3 is 0 Å². The number of aromatic nitrogens is 2. The number of aryl methyl sites for hydroxylation is 2. The van der Waals surface area contributed by atoms with Crippen LogP contribution >= 0.6 is 23.1 Å². The zero-order valence-electron chi connectivity index (χ0n) is 14.9. The number of unbranched alkanes of at least 4 members (excludes halogenated alkanes) is 1. The Kier molecular flexibility index (Phi) is 6.46. The van der Waals surface area contributed by atoms with Crippen LogP contribution in [0.3, 0.4) is 0 Å². The fourth-order valence-electron chi connectivity index (χ4n) is 2.43. The number of thioether (sulfide) groups is 1. The number of carbonyl (C=O) groups excluding carboxylic acids is 1. The zero-order chi connectivity index (χ0) is 17.9. The van der Waals surface area contributed by atoms with E-state index in [-0.39, 0.29) is 23.3 Å². The molecule has 0 aliphatic carbocycles. The quantitative estimate of drug-likeness (QED) is 0.601. The molecule has 0 unspecified atom stereocenters. The Balaban J connectivity index is 2.39. The highest BCUT2D eigenvalue weighted by atomic mass is 32.2.